The van der Waals surface area contributed by atoms with Gasteiger partial charge in [-0.15, -0.1) is 0 Å². The lowest BCUT2D eigenvalue weighted by atomic mass is 10.0. The summed E-state index contributed by atoms with van der Waals surface area (Å²) in [7, 11) is 0.562. The molecule has 0 aliphatic carbocycles. The maximum atomic E-state index is 12.6. The van der Waals surface area contributed by atoms with Crippen LogP contribution in [-0.2, 0) is 16.4 Å². The van der Waals surface area contributed by atoms with Gasteiger partial charge in [-0.1, -0.05) is 13.0 Å². The summed E-state index contributed by atoms with van der Waals surface area (Å²) < 4.78 is 26.6. The summed E-state index contributed by atoms with van der Waals surface area (Å²) in [4.78, 5) is 14.6. The van der Waals surface area contributed by atoms with E-state index < -0.39 is 10.0 Å². The zero-order valence-corrected chi connectivity index (χ0v) is 17.4. The van der Waals surface area contributed by atoms with Gasteiger partial charge in [0.1, 0.15) is 0 Å². The first-order valence-electron chi connectivity index (χ1n) is 9.54. The molecule has 1 N–H and O–H groups in total. The third-order valence-corrected chi connectivity index (χ3v) is 6.81. The van der Waals surface area contributed by atoms with Crippen molar-refractivity contribution in [3.05, 3.63) is 53.6 Å². The van der Waals surface area contributed by atoms with Crippen LogP contribution in [0.4, 0.5) is 17.1 Å². The second kappa shape index (κ2) is 8.22. The molecule has 0 bridgehead atoms. The lowest BCUT2D eigenvalue weighted by molar-refractivity contribution is 0.102. The van der Waals surface area contributed by atoms with Crippen molar-refractivity contribution in [1.29, 1.82) is 0 Å². The number of rotatable bonds is 6. The minimum atomic E-state index is -3.30. The maximum absolute atomic E-state index is 12.6. The van der Waals surface area contributed by atoms with Crippen LogP contribution in [0.1, 0.15) is 35.7 Å². The second-order valence-corrected chi connectivity index (χ2v) is 9.25. The smallest absolute Gasteiger partial charge is 0.255 e. The average Bonchev–Trinajstić information content (AvgIpc) is 2.67. The molecule has 7 heteroatoms. The molecule has 0 aromatic heterocycles. The number of nitrogens with zero attached hydrogens (tertiary/aromatic N) is 2. The van der Waals surface area contributed by atoms with Crippen LogP contribution >= 0.6 is 0 Å². The molecule has 0 fully saturated rings. The minimum absolute atomic E-state index is 0.146. The Morgan fingerprint density at radius 1 is 1.18 bits per heavy atom. The quantitative estimate of drug-likeness (QED) is 0.804. The van der Waals surface area contributed by atoms with Gasteiger partial charge in [-0.05, 0) is 61.2 Å². The fourth-order valence-corrected chi connectivity index (χ4v) is 5.05. The molecule has 1 amide bonds. The van der Waals surface area contributed by atoms with Crippen molar-refractivity contribution in [1.82, 2.24) is 0 Å². The highest BCUT2D eigenvalue weighted by atomic mass is 32.2. The molecule has 3 rings (SSSR count). The summed E-state index contributed by atoms with van der Waals surface area (Å²) >= 11 is 0. The van der Waals surface area contributed by atoms with E-state index in [2.05, 4.69) is 5.32 Å². The summed E-state index contributed by atoms with van der Waals surface area (Å²) in [6, 6.07) is 12.9. The first-order valence-corrected chi connectivity index (χ1v) is 11.1. The molecular formula is C21H27N3O3S. The van der Waals surface area contributed by atoms with Crippen LogP contribution in [0.3, 0.4) is 0 Å². The van der Waals surface area contributed by atoms with Crippen molar-refractivity contribution < 1.29 is 13.2 Å². The molecule has 6 nitrogen and oxygen atoms in total. The Kier molecular flexibility index (Phi) is 5.93. The van der Waals surface area contributed by atoms with E-state index in [4.69, 9.17) is 0 Å². The number of anilines is 3. The highest BCUT2D eigenvalue weighted by Gasteiger charge is 2.27. The molecule has 0 atom stereocenters. The van der Waals surface area contributed by atoms with Gasteiger partial charge in [0.2, 0.25) is 10.0 Å². The normalized spacial score (nSPS) is 13.8. The van der Waals surface area contributed by atoms with E-state index in [-0.39, 0.29) is 11.7 Å². The Morgan fingerprint density at radius 3 is 2.68 bits per heavy atom. The fourth-order valence-electron chi connectivity index (χ4n) is 3.43. The van der Waals surface area contributed by atoms with Crippen LogP contribution < -0.4 is 14.5 Å². The number of carbonyl (C=O) groups is 1. The molecular weight excluding hydrogens is 374 g/mol. The van der Waals surface area contributed by atoms with Gasteiger partial charge in [-0.25, -0.2) is 8.42 Å². The first-order chi connectivity index (χ1) is 13.3. The Hall–Kier alpha value is -2.54. The van der Waals surface area contributed by atoms with Gasteiger partial charge in [0.25, 0.3) is 5.91 Å². The van der Waals surface area contributed by atoms with Gasteiger partial charge < -0.3 is 10.2 Å². The van der Waals surface area contributed by atoms with Crippen molar-refractivity contribution in [3.63, 3.8) is 0 Å². The number of sulfonamides is 1. The molecule has 2 aromatic rings. The number of fused-ring (bicyclic) bond motifs is 1. The minimum Gasteiger partial charge on any atom is -0.378 e. The Balaban J connectivity index is 1.82. The van der Waals surface area contributed by atoms with Crippen LogP contribution in [-0.4, -0.2) is 40.7 Å². The van der Waals surface area contributed by atoms with E-state index >= 15 is 0 Å². The highest BCUT2D eigenvalue weighted by molar-refractivity contribution is 7.92. The average molecular weight is 402 g/mol. The van der Waals surface area contributed by atoms with Crippen molar-refractivity contribution in [2.75, 3.05) is 40.9 Å². The lowest BCUT2D eigenvalue weighted by Gasteiger charge is -2.30. The van der Waals surface area contributed by atoms with E-state index in [1.54, 1.807) is 18.2 Å². The van der Waals surface area contributed by atoms with Crippen LogP contribution in [0.15, 0.2) is 42.5 Å². The van der Waals surface area contributed by atoms with E-state index in [9.17, 15) is 13.2 Å². The van der Waals surface area contributed by atoms with Crippen LogP contribution in [0.25, 0.3) is 0 Å². The Morgan fingerprint density at radius 2 is 1.96 bits per heavy atom. The van der Waals surface area contributed by atoms with Gasteiger partial charge in [-0.3, -0.25) is 9.10 Å². The number of amides is 1. The third kappa shape index (κ3) is 4.30. The summed E-state index contributed by atoms with van der Waals surface area (Å²) in [6.45, 7) is 2.38. The van der Waals surface area contributed by atoms with Crippen molar-refractivity contribution >= 4 is 33.0 Å². The maximum Gasteiger partial charge on any atom is 0.255 e. The van der Waals surface area contributed by atoms with Crippen molar-refractivity contribution in [2.24, 2.45) is 0 Å². The number of carbonyl (C=O) groups excluding carboxylic acids is 1. The summed E-state index contributed by atoms with van der Waals surface area (Å²) in [5, 5.41) is 2.93. The molecule has 2 aromatic carbocycles. The van der Waals surface area contributed by atoms with Gasteiger partial charge in [-0.2, -0.15) is 0 Å². The van der Waals surface area contributed by atoms with Gasteiger partial charge >= 0.3 is 0 Å². The number of hydrogen-bond donors (Lipinski definition) is 1. The molecule has 28 heavy (non-hydrogen) atoms. The molecule has 0 spiro atoms. The Labute approximate surface area is 167 Å². The molecule has 0 unspecified atom stereocenters. The number of aryl methyl sites for hydroxylation is 1. The molecule has 150 valence electrons. The number of benzene rings is 2. The lowest BCUT2D eigenvalue weighted by Crippen LogP contribution is -2.37. The van der Waals surface area contributed by atoms with E-state index in [1.807, 2.05) is 50.2 Å². The van der Waals surface area contributed by atoms with Crippen molar-refractivity contribution in [3.8, 4) is 0 Å². The zero-order valence-electron chi connectivity index (χ0n) is 16.6. The van der Waals surface area contributed by atoms with E-state index in [1.165, 1.54) is 4.31 Å². The largest absolute Gasteiger partial charge is 0.378 e. The molecule has 0 saturated heterocycles. The monoisotopic (exact) mass is 401 g/mol. The zero-order chi connectivity index (χ0) is 20.3. The first kappa shape index (κ1) is 20.2. The van der Waals surface area contributed by atoms with E-state index in [0.717, 1.165) is 29.8 Å². The molecule has 0 radical (unpaired) electrons. The van der Waals surface area contributed by atoms with Gasteiger partial charge in [0.15, 0.2) is 0 Å². The van der Waals surface area contributed by atoms with Crippen LogP contribution in [0.5, 0.6) is 0 Å². The molecule has 1 heterocycles. The summed E-state index contributed by atoms with van der Waals surface area (Å²) in [5.74, 6) is -0.0393. The van der Waals surface area contributed by atoms with Crippen LogP contribution in [0, 0.1) is 0 Å². The second-order valence-electron chi connectivity index (χ2n) is 7.23. The predicted octanol–water partition coefficient (Wildman–Crippen LogP) is 3.50. The third-order valence-electron chi connectivity index (χ3n) is 4.84. The fraction of sp³-hybridized carbons (Fsp3) is 0.381. The molecule has 0 saturated carbocycles. The summed E-state index contributed by atoms with van der Waals surface area (Å²) in [6.07, 6.45) is 2.17. The highest BCUT2D eigenvalue weighted by Crippen LogP contribution is 2.32. The number of hydrogen-bond acceptors (Lipinski definition) is 4. The van der Waals surface area contributed by atoms with Crippen molar-refractivity contribution in [2.45, 2.75) is 26.2 Å². The SMILES string of the molecule is CCCS(=O)(=O)N1CCCc2cc(NC(=O)c3cccc(N(C)C)c3)ccc21. The molecule has 1 aliphatic heterocycles. The standard InChI is InChI=1S/C21H27N3O3S/c1-4-13-28(26,27)24-12-6-8-16-14-18(10-11-20(16)24)22-21(25)17-7-5-9-19(15-17)23(2)3/h5,7,9-11,14-15H,4,6,8,12-13H2,1-3H3,(H,22,25). The molecule has 1 aliphatic rings. The van der Waals surface area contributed by atoms with E-state index in [0.29, 0.717) is 24.2 Å². The number of nitrogens with one attached hydrogen (secondary N) is 1. The summed E-state index contributed by atoms with van der Waals surface area (Å²) in [5.41, 5.74) is 3.89. The van der Waals surface area contributed by atoms with Crippen LogP contribution in [0.2, 0.25) is 0 Å². The van der Waals surface area contributed by atoms with Gasteiger partial charge in [0.05, 0.1) is 11.4 Å². The topological polar surface area (TPSA) is 69.7 Å². The predicted molar refractivity (Wildman–Crippen MR) is 115 cm³/mol. The Bertz CT molecular complexity index is 971. The van der Waals surface area contributed by atoms with Gasteiger partial charge in [0, 0.05) is 37.6 Å².